The maximum absolute atomic E-state index is 4.45. The van der Waals surface area contributed by atoms with Gasteiger partial charge in [-0.1, -0.05) is 19.9 Å². The molecule has 0 atom stereocenters. The smallest absolute Gasteiger partial charge is 0.128 e. The Morgan fingerprint density at radius 3 is 2.26 bits per heavy atom. The lowest BCUT2D eigenvalue weighted by atomic mass is 9.78. The second-order valence-electron chi connectivity index (χ2n) is 5.66. The summed E-state index contributed by atoms with van der Waals surface area (Å²) >= 11 is 0. The van der Waals surface area contributed by atoms with Crippen molar-refractivity contribution in [2.24, 2.45) is 5.41 Å². The first-order chi connectivity index (χ1) is 9.27. The van der Waals surface area contributed by atoms with Gasteiger partial charge >= 0.3 is 0 Å². The Bertz CT molecular complexity index is 369. The molecular weight excluding hydrogens is 234 g/mol. The Labute approximate surface area is 117 Å². The van der Waals surface area contributed by atoms with E-state index in [1.165, 1.54) is 45.4 Å². The molecule has 3 nitrogen and oxygen atoms in total. The fourth-order valence-electron chi connectivity index (χ4n) is 3.32. The third-order valence-electron chi connectivity index (χ3n) is 4.43. The van der Waals surface area contributed by atoms with Crippen LogP contribution in [-0.4, -0.2) is 43.1 Å². The van der Waals surface area contributed by atoms with Gasteiger partial charge in [0, 0.05) is 25.8 Å². The standard InChI is InChI=1S/C14H21N3.C2H6/c1-16-9-5-14(12-16)6-10-17(11-7-14)13-4-2-3-8-15-13;1-2/h2-4,8H,5-7,9-12H2,1H3;1-2H3. The van der Waals surface area contributed by atoms with E-state index in [1.54, 1.807) is 0 Å². The number of hydrogen-bond acceptors (Lipinski definition) is 3. The molecule has 3 heteroatoms. The van der Waals surface area contributed by atoms with Crippen LogP contribution in [0.2, 0.25) is 0 Å². The lowest BCUT2D eigenvalue weighted by molar-refractivity contribution is 0.222. The molecule has 3 heterocycles. The number of hydrogen-bond donors (Lipinski definition) is 0. The lowest BCUT2D eigenvalue weighted by Gasteiger charge is -2.39. The van der Waals surface area contributed by atoms with Gasteiger partial charge in [-0.25, -0.2) is 4.98 Å². The van der Waals surface area contributed by atoms with E-state index in [4.69, 9.17) is 0 Å². The van der Waals surface area contributed by atoms with Crippen LogP contribution in [0.15, 0.2) is 24.4 Å². The van der Waals surface area contributed by atoms with Gasteiger partial charge in [0.2, 0.25) is 0 Å². The lowest BCUT2D eigenvalue weighted by Crippen LogP contribution is -2.41. The molecule has 1 aromatic rings. The fourth-order valence-corrected chi connectivity index (χ4v) is 3.32. The van der Waals surface area contributed by atoms with Crippen molar-refractivity contribution in [3.63, 3.8) is 0 Å². The summed E-state index contributed by atoms with van der Waals surface area (Å²) < 4.78 is 0. The quantitative estimate of drug-likeness (QED) is 0.774. The molecule has 0 N–H and O–H groups in total. The van der Waals surface area contributed by atoms with Crippen LogP contribution in [0.5, 0.6) is 0 Å². The van der Waals surface area contributed by atoms with E-state index in [0.717, 1.165) is 5.82 Å². The van der Waals surface area contributed by atoms with Crippen LogP contribution in [0.1, 0.15) is 33.1 Å². The van der Waals surface area contributed by atoms with E-state index < -0.39 is 0 Å². The van der Waals surface area contributed by atoms with Crippen molar-refractivity contribution in [2.75, 3.05) is 38.1 Å². The largest absolute Gasteiger partial charge is 0.357 e. The van der Waals surface area contributed by atoms with Gasteiger partial charge in [-0.2, -0.15) is 0 Å². The molecule has 0 bridgehead atoms. The molecule has 1 spiro atoms. The summed E-state index contributed by atoms with van der Waals surface area (Å²) in [5.41, 5.74) is 0.611. The zero-order valence-electron chi connectivity index (χ0n) is 12.6. The summed E-state index contributed by atoms with van der Waals surface area (Å²) in [5, 5.41) is 0. The minimum absolute atomic E-state index is 0.611. The Hall–Kier alpha value is -1.09. The van der Waals surface area contributed by atoms with Gasteiger partial charge in [-0.15, -0.1) is 0 Å². The predicted octanol–water partition coefficient (Wildman–Crippen LogP) is 3.03. The topological polar surface area (TPSA) is 19.4 Å². The highest BCUT2D eigenvalue weighted by Crippen LogP contribution is 2.40. The molecule has 1 aromatic heterocycles. The van der Waals surface area contributed by atoms with Gasteiger partial charge in [0.05, 0.1) is 0 Å². The first-order valence-corrected chi connectivity index (χ1v) is 7.62. The number of aromatic nitrogens is 1. The molecule has 0 aromatic carbocycles. The van der Waals surface area contributed by atoms with E-state index in [-0.39, 0.29) is 0 Å². The number of piperidine rings is 1. The highest BCUT2D eigenvalue weighted by atomic mass is 15.2. The van der Waals surface area contributed by atoms with Gasteiger partial charge in [0.25, 0.3) is 0 Å². The van der Waals surface area contributed by atoms with E-state index in [2.05, 4.69) is 34.0 Å². The molecule has 3 rings (SSSR count). The third kappa shape index (κ3) is 3.27. The second-order valence-corrected chi connectivity index (χ2v) is 5.66. The van der Waals surface area contributed by atoms with Crippen molar-refractivity contribution in [3.05, 3.63) is 24.4 Å². The molecule has 0 saturated carbocycles. The minimum atomic E-state index is 0.611. The van der Waals surface area contributed by atoms with Crippen LogP contribution in [-0.2, 0) is 0 Å². The van der Waals surface area contributed by atoms with E-state index in [9.17, 15) is 0 Å². The van der Waals surface area contributed by atoms with Crippen molar-refractivity contribution >= 4 is 5.82 Å². The SMILES string of the molecule is CC.CN1CCC2(CCN(c3ccccn3)CC2)C1. The molecule has 0 radical (unpaired) electrons. The molecular formula is C16H27N3. The monoisotopic (exact) mass is 261 g/mol. The minimum Gasteiger partial charge on any atom is -0.357 e. The highest BCUT2D eigenvalue weighted by molar-refractivity contribution is 5.38. The summed E-state index contributed by atoms with van der Waals surface area (Å²) in [5.74, 6) is 1.15. The molecule has 0 unspecified atom stereocenters. The van der Waals surface area contributed by atoms with Crippen molar-refractivity contribution in [1.82, 2.24) is 9.88 Å². The third-order valence-corrected chi connectivity index (χ3v) is 4.43. The molecule has 2 aliphatic heterocycles. The molecule has 0 amide bonds. The van der Waals surface area contributed by atoms with Crippen LogP contribution in [0.25, 0.3) is 0 Å². The van der Waals surface area contributed by atoms with E-state index in [1.807, 2.05) is 26.1 Å². The van der Waals surface area contributed by atoms with Crippen molar-refractivity contribution in [2.45, 2.75) is 33.1 Å². The molecule has 2 fully saturated rings. The summed E-state index contributed by atoms with van der Waals surface area (Å²) in [6.07, 6.45) is 5.93. The number of pyridine rings is 1. The summed E-state index contributed by atoms with van der Waals surface area (Å²) in [6.45, 7) is 8.92. The van der Waals surface area contributed by atoms with Crippen LogP contribution >= 0.6 is 0 Å². The number of rotatable bonds is 1. The molecule has 0 aliphatic carbocycles. The molecule has 2 aliphatic rings. The highest BCUT2D eigenvalue weighted by Gasteiger charge is 2.39. The predicted molar refractivity (Wildman–Crippen MR) is 81.6 cm³/mol. The summed E-state index contributed by atoms with van der Waals surface area (Å²) in [4.78, 5) is 9.36. The maximum atomic E-state index is 4.45. The van der Waals surface area contributed by atoms with Crippen molar-refractivity contribution in [3.8, 4) is 0 Å². The number of nitrogens with zero attached hydrogens (tertiary/aromatic N) is 3. The first-order valence-electron chi connectivity index (χ1n) is 7.62. The van der Waals surface area contributed by atoms with Gasteiger partial charge in [0.1, 0.15) is 5.82 Å². The van der Waals surface area contributed by atoms with Crippen LogP contribution in [0.4, 0.5) is 5.82 Å². The molecule has 2 saturated heterocycles. The second kappa shape index (κ2) is 6.38. The van der Waals surface area contributed by atoms with Gasteiger partial charge in [0.15, 0.2) is 0 Å². The zero-order valence-corrected chi connectivity index (χ0v) is 12.6. The average molecular weight is 261 g/mol. The van der Waals surface area contributed by atoms with E-state index in [0.29, 0.717) is 5.41 Å². The fraction of sp³-hybridized carbons (Fsp3) is 0.688. The normalized spacial score (nSPS) is 22.2. The van der Waals surface area contributed by atoms with E-state index >= 15 is 0 Å². The van der Waals surface area contributed by atoms with Gasteiger partial charge in [-0.3, -0.25) is 0 Å². The maximum Gasteiger partial charge on any atom is 0.128 e. The zero-order chi connectivity index (χ0) is 13.7. The van der Waals surface area contributed by atoms with Crippen LogP contribution in [0, 0.1) is 5.41 Å². The van der Waals surface area contributed by atoms with Crippen LogP contribution in [0.3, 0.4) is 0 Å². The summed E-state index contributed by atoms with van der Waals surface area (Å²) in [6, 6.07) is 6.19. The van der Waals surface area contributed by atoms with Gasteiger partial charge in [-0.05, 0) is 50.4 Å². The Kier molecular flexibility index (Phi) is 4.81. The number of likely N-dealkylation sites (tertiary alicyclic amines) is 1. The van der Waals surface area contributed by atoms with Crippen LogP contribution < -0.4 is 4.90 Å². The molecule has 106 valence electrons. The Morgan fingerprint density at radius 2 is 1.74 bits per heavy atom. The van der Waals surface area contributed by atoms with Crippen molar-refractivity contribution < 1.29 is 0 Å². The average Bonchev–Trinajstić information content (AvgIpc) is 2.84. The Balaban J connectivity index is 0.000000637. The first kappa shape index (κ1) is 14.3. The van der Waals surface area contributed by atoms with Gasteiger partial charge < -0.3 is 9.80 Å². The Morgan fingerprint density at radius 1 is 1.05 bits per heavy atom. The number of anilines is 1. The molecule has 19 heavy (non-hydrogen) atoms. The van der Waals surface area contributed by atoms with Crippen molar-refractivity contribution in [1.29, 1.82) is 0 Å². The summed E-state index contributed by atoms with van der Waals surface area (Å²) in [7, 11) is 2.25.